The van der Waals surface area contributed by atoms with Crippen molar-refractivity contribution in [3.63, 3.8) is 0 Å². The van der Waals surface area contributed by atoms with Crippen LogP contribution in [0.4, 0.5) is 14.6 Å². The zero-order valence-electron chi connectivity index (χ0n) is 13.9. The molecule has 1 aromatic heterocycles. The highest BCUT2D eigenvalue weighted by Crippen LogP contribution is 2.38. The van der Waals surface area contributed by atoms with Crippen LogP contribution in [0.3, 0.4) is 0 Å². The van der Waals surface area contributed by atoms with Gasteiger partial charge in [-0.05, 0) is 18.2 Å². The van der Waals surface area contributed by atoms with Gasteiger partial charge < -0.3 is 10.1 Å². The monoisotopic (exact) mass is 355 g/mol. The van der Waals surface area contributed by atoms with Crippen LogP contribution in [0.1, 0.15) is 23.6 Å². The SMILES string of the molecule is COc1cccc(-n2cnc3c2NC(=O)CC3c2cccc(F)c2F)c1. The van der Waals surface area contributed by atoms with Gasteiger partial charge >= 0.3 is 0 Å². The second-order valence-corrected chi connectivity index (χ2v) is 6.00. The molecule has 7 heteroatoms. The van der Waals surface area contributed by atoms with Crippen LogP contribution in [0.25, 0.3) is 5.69 Å². The molecule has 2 aromatic carbocycles. The van der Waals surface area contributed by atoms with Gasteiger partial charge in [0.15, 0.2) is 11.6 Å². The maximum Gasteiger partial charge on any atom is 0.226 e. The van der Waals surface area contributed by atoms with Gasteiger partial charge in [-0.3, -0.25) is 9.36 Å². The first-order chi connectivity index (χ1) is 12.6. The Bertz CT molecular complexity index is 1000. The average molecular weight is 355 g/mol. The number of benzene rings is 2. The van der Waals surface area contributed by atoms with Gasteiger partial charge in [-0.15, -0.1) is 0 Å². The van der Waals surface area contributed by atoms with Crippen molar-refractivity contribution < 1.29 is 18.3 Å². The van der Waals surface area contributed by atoms with Crippen LogP contribution in [-0.4, -0.2) is 22.6 Å². The fourth-order valence-electron chi connectivity index (χ4n) is 3.21. The molecule has 1 N–H and O–H groups in total. The number of carbonyl (C=O) groups is 1. The van der Waals surface area contributed by atoms with Gasteiger partial charge in [0.05, 0.1) is 18.5 Å². The highest BCUT2D eigenvalue weighted by Gasteiger charge is 2.33. The minimum absolute atomic E-state index is 0.00248. The van der Waals surface area contributed by atoms with E-state index in [0.29, 0.717) is 17.3 Å². The van der Waals surface area contributed by atoms with Crippen molar-refractivity contribution >= 4 is 11.7 Å². The van der Waals surface area contributed by atoms with Crippen molar-refractivity contribution in [3.8, 4) is 11.4 Å². The van der Waals surface area contributed by atoms with E-state index in [1.54, 1.807) is 30.1 Å². The summed E-state index contributed by atoms with van der Waals surface area (Å²) in [5.74, 6) is -1.73. The summed E-state index contributed by atoms with van der Waals surface area (Å²) < 4.78 is 34.8. The number of ether oxygens (including phenoxy) is 1. The molecule has 1 atom stereocenters. The molecule has 0 fully saturated rings. The zero-order chi connectivity index (χ0) is 18.3. The molecule has 0 radical (unpaired) electrons. The number of halogens is 2. The molecule has 1 aliphatic heterocycles. The van der Waals surface area contributed by atoms with Gasteiger partial charge in [-0.1, -0.05) is 18.2 Å². The van der Waals surface area contributed by atoms with Crippen LogP contribution in [0, 0.1) is 11.6 Å². The van der Waals surface area contributed by atoms with Crippen molar-refractivity contribution in [3.05, 3.63) is 71.7 Å². The van der Waals surface area contributed by atoms with E-state index >= 15 is 0 Å². The molecule has 0 saturated heterocycles. The van der Waals surface area contributed by atoms with Crippen molar-refractivity contribution in [2.75, 3.05) is 12.4 Å². The number of imidazole rings is 1. The fourth-order valence-corrected chi connectivity index (χ4v) is 3.21. The number of hydrogen-bond donors (Lipinski definition) is 1. The van der Waals surface area contributed by atoms with Gasteiger partial charge in [0, 0.05) is 24.0 Å². The molecular formula is C19H15F2N3O2. The van der Waals surface area contributed by atoms with E-state index in [1.165, 1.54) is 12.1 Å². The highest BCUT2D eigenvalue weighted by atomic mass is 19.2. The predicted molar refractivity (Wildman–Crippen MR) is 91.6 cm³/mol. The first-order valence-electron chi connectivity index (χ1n) is 8.04. The number of methoxy groups -OCH3 is 1. The summed E-state index contributed by atoms with van der Waals surface area (Å²) in [7, 11) is 1.56. The third-order valence-corrected chi connectivity index (χ3v) is 4.46. The van der Waals surface area contributed by atoms with Crippen molar-refractivity contribution in [1.82, 2.24) is 9.55 Å². The number of fused-ring (bicyclic) bond motifs is 1. The molecule has 1 amide bonds. The largest absolute Gasteiger partial charge is 0.497 e. The van der Waals surface area contributed by atoms with Crippen LogP contribution >= 0.6 is 0 Å². The number of nitrogens with zero attached hydrogens (tertiary/aromatic N) is 2. The van der Waals surface area contributed by atoms with E-state index in [9.17, 15) is 13.6 Å². The van der Waals surface area contributed by atoms with Gasteiger partial charge in [0.1, 0.15) is 17.9 Å². The van der Waals surface area contributed by atoms with Gasteiger partial charge in [0.25, 0.3) is 0 Å². The fraction of sp³-hybridized carbons (Fsp3) is 0.158. The van der Waals surface area contributed by atoms with Crippen LogP contribution in [0.2, 0.25) is 0 Å². The molecule has 1 aliphatic rings. The minimum atomic E-state index is -0.950. The number of anilines is 1. The topological polar surface area (TPSA) is 56.1 Å². The highest BCUT2D eigenvalue weighted by molar-refractivity contribution is 5.94. The number of carbonyl (C=O) groups excluding carboxylic acids is 1. The quantitative estimate of drug-likeness (QED) is 0.781. The molecule has 4 rings (SSSR count). The Hall–Kier alpha value is -3.22. The molecular weight excluding hydrogens is 340 g/mol. The lowest BCUT2D eigenvalue weighted by molar-refractivity contribution is -0.116. The van der Waals surface area contributed by atoms with Crippen LogP contribution in [0.15, 0.2) is 48.8 Å². The molecule has 0 aliphatic carbocycles. The zero-order valence-corrected chi connectivity index (χ0v) is 13.9. The van der Waals surface area contributed by atoms with E-state index < -0.39 is 17.6 Å². The smallest absolute Gasteiger partial charge is 0.226 e. The third-order valence-electron chi connectivity index (χ3n) is 4.46. The number of amides is 1. The normalized spacial score (nSPS) is 16.1. The molecule has 1 unspecified atom stereocenters. The lowest BCUT2D eigenvalue weighted by Gasteiger charge is -2.23. The van der Waals surface area contributed by atoms with Gasteiger partial charge in [-0.25, -0.2) is 13.8 Å². The minimum Gasteiger partial charge on any atom is -0.497 e. The van der Waals surface area contributed by atoms with Crippen molar-refractivity contribution in [2.24, 2.45) is 0 Å². The van der Waals surface area contributed by atoms with Crippen molar-refractivity contribution in [1.29, 1.82) is 0 Å². The Morgan fingerprint density at radius 3 is 2.85 bits per heavy atom. The lowest BCUT2D eigenvalue weighted by atomic mass is 9.89. The summed E-state index contributed by atoms with van der Waals surface area (Å²) in [5, 5.41) is 2.78. The number of rotatable bonds is 3. The molecule has 5 nitrogen and oxygen atoms in total. The molecule has 2 heterocycles. The maximum atomic E-state index is 14.3. The van der Waals surface area contributed by atoms with E-state index in [4.69, 9.17) is 4.74 Å². The van der Waals surface area contributed by atoms with Gasteiger partial charge in [0.2, 0.25) is 5.91 Å². The molecule has 0 saturated carbocycles. The molecule has 132 valence electrons. The first-order valence-corrected chi connectivity index (χ1v) is 8.04. The average Bonchev–Trinajstić information content (AvgIpc) is 3.07. The van der Waals surface area contributed by atoms with E-state index in [1.807, 2.05) is 12.1 Å². The molecule has 0 spiro atoms. The number of aromatic nitrogens is 2. The maximum absolute atomic E-state index is 14.3. The summed E-state index contributed by atoms with van der Waals surface area (Å²) in [5.41, 5.74) is 1.35. The Morgan fingerprint density at radius 1 is 1.23 bits per heavy atom. The Kier molecular flexibility index (Phi) is 3.91. The molecule has 0 bridgehead atoms. The predicted octanol–water partition coefficient (Wildman–Crippen LogP) is 3.63. The van der Waals surface area contributed by atoms with E-state index in [-0.39, 0.29) is 17.9 Å². The summed E-state index contributed by atoms with van der Waals surface area (Å²) >= 11 is 0. The van der Waals surface area contributed by atoms with Crippen LogP contribution in [-0.2, 0) is 4.79 Å². The number of nitrogens with one attached hydrogen (secondary N) is 1. The Labute approximate surface area is 148 Å². The Morgan fingerprint density at radius 2 is 2.04 bits per heavy atom. The summed E-state index contributed by atoms with van der Waals surface area (Å²) in [6.45, 7) is 0. The van der Waals surface area contributed by atoms with E-state index in [0.717, 1.165) is 11.8 Å². The van der Waals surface area contributed by atoms with Crippen LogP contribution in [0.5, 0.6) is 5.75 Å². The second kappa shape index (κ2) is 6.25. The summed E-state index contributed by atoms with van der Waals surface area (Å²) in [4.78, 5) is 16.6. The Balaban J connectivity index is 1.84. The molecule has 26 heavy (non-hydrogen) atoms. The standard InChI is InChI=1S/C19H15F2N3O2/c1-26-12-5-2-4-11(8-12)24-10-22-18-14(9-16(25)23-19(18)24)13-6-3-7-15(20)17(13)21/h2-8,10,14H,9H2,1H3,(H,23,25). The van der Waals surface area contributed by atoms with Gasteiger partial charge in [-0.2, -0.15) is 0 Å². The lowest BCUT2D eigenvalue weighted by Crippen LogP contribution is -2.25. The summed E-state index contributed by atoms with van der Waals surface area (Å²) in [6, 6.07) is 11.2. The van der Waals surface area contributed by atoms with Crippen LogP contribution < -0.4 is 10.1 Å². The van der Waals surface area contributed by atoms with Crippen molar-refractivity contribution in [2.45, 2.75) is 12.3 Å². The summed E-state index contributed by atoms with van der Waals surface area (Å²) in [6.07, 6.45) is 1.55. The third kappa shape index (κ3) is 2.61. The van der Waals surface area contributed by atoms with E-state index in [2.05, 4.69) is 10.3 Å². The first kappa shape index (κ1) is 16.3. The second-order valence-electron chi connectivity index (χ2n) is 6.00. The molecule has 3 aromatic rings. The number of hydrogen-bond acceptors (Lipinski definition) is 3.